The summed E-state index contributed by atoms with van der Waals surface area (Å²) >= 11 is 0. The molecule has 0 aliphatic carbocycles. The third-order valence-corrected chi connectivity index (χ3v) is 1.94. The maximum absolute atomic E-state index is 10.5. The summed E-state index contributed by atoms with van der Waals surface area (Å²) in [6, 6.07) is 5.20. The van der Waals surface area contributed by atoms with Crippen LogP contribution >= 0.6 is 0 Å². The SMILES string of the molecule is O=Cc1cccc2c1CC(O)O2. The van der Waals surface area contributed by atoms with E-state index in [9.17, 15) is 4.79 Å². The number of aliphatic hydroxyl groups excluding tert-OH is 1. The van der Waals surface area contributed by atoms with Crippen molar-refractivity contribution in [2.45, 2.75) is 12.7 Å². The van der Waals surface area contributed by atoms with Crippen LogP contribution in [0.15, 0.2) is 18.2 Å². The number of fused-ring (bicyclic) bond motifs is 1. The fraction of sp³-hybridized carbons (Fsp3) is 0.222. The summed E-state index contributed by atoms with van der Waals surface area (Å²) in [4.78, 5) is 10.5. The van der Waals surface area contributed by atoms with Gasteiger partial charge in [0.15, 0.2) is 0 Å². The average Bonchev–Trinajstić information content (AvgIpc) is 2.44. The van der Waals surface area contributed by atoms with Crippen LogP contribution in [0.3, 0.4) is 0 Å². The Labute approximate surface area is 69.6 Å². The normalized spacial score (nSPS) is 19.9. The molecule has 1 aliphatic rings. The molecule has 3 heteroatoms. The maximum atomic E-state index is 10.5. The molecule has 0 aromatic heterocycles. The van der Waals surface area contributed by atoms with Crippen molar-refractivity contribution in [1.82, 2.24) is 0 Å². The first-order chi connectivity index (χ1) is 5.81. The maximum Gasteiger partial charge on any atom is 0.201 e. The third kappa shape index (κ3) is 0.987. The lowest BCUT2D eigenvalue weighted by Gasteiger charge is -2.00. The van der Waals surface area contributed by atoms with Gasteiger partial charge in [-0.05, 0) is 6.07 Å². The third-order valence-electron chi connectivity index (χ3n) is 1.94. The van der Waals surface area contributed by atoms with E-state index in [4.69, 9.17) is 9.84 Å². The fourth-order valence-corrected chi connectivity index (χ4v) is 1.38. The van der Waals surface area contributed by atoms with Crippen molar-refractivity contribution in [1.29, 1.82) is 0 Å². The van der Waals surface area contributed by atoms with E-state index in [1.54, 1.807) is 18.2 Å². The molecular weight excluding hydrogens is 156 g/mol. The monoisotopic (exact) mass is 164 g/mol. The molecule has 1 N–H and O–H groups in total. The van der Waals surface area contributed by atoms with Crippen molar-refractivity contribution in [2.75, 3.05) is 0 Å². The Balaban J connectivity index is 2.51. The minimum Gasteiger partial charge on any atom is -0.464 e. The Morgan fingerprint density at radius 1 is 1.58 bits per heavy atom. The molecule has 1 aromatic rings. The van der Waals surface area contributed by atoms with Gasteiger partial charge in [0, 0.05) is 17.5 Å². The average molecular weight is 164 g/mol. The van der Waals surface area contributed by atoms with Gasteiger partial charge >= 0.3 is 0 Å². The summed E-state index contributed by atoms with van der Waals surface area (Å²) in [7, 11) is 0. The van der Waals surface area contributed by atoms with E-state index < -0.39 is 6.29 Å². The van der Waals surface area contributed by atoms with Gasteiger partial charge in [-0.1, -0.05) is 12.1 Å². The van der Waals surface area contributed by atoms with Crippen LogP contribution in [0.25, 0.3) is 0 Å². The minimum absolute atomic E-state index is 0.407. The molecule has 0 radical (unpaired) electrons. The Hall–Kier alpha value is -1.35. The molecule has 0 amide bonds. The highest BCUT2D eigenvalue weighted by Gasteiger charge is 2.22. The number of aliphatic hydroxyl groups is 1. The number of rotatable bonds is 1. The van der Waals surface area contributed by atoms with Crippen LogP contribution in [-0.4, -0.2) is 17.7 Å². The molecule has 1 aromatic carbocycles. The molecule has 12 heavy (non-hydrogen) atoms. The van der Waals surface area contributed by atoms with Gasteiger partial charge in [0.1, 0.15) is 12.0 Å². The predicted octanol–water partition coefficient (Wildman–Crippen LogP) is 0.752. The molecule has 2 rings (SSSR count). The van der Waals surface area contributed by atoms with E-state index in [0.717, 1.165) is 11.8 Å². The molecule has 0 spiro atoms. The van der Waals surface area contributed by atoms with Gasteiger partial charge in [-0.2, -0.15) is 0 Å². The van der Waals surface area contributed by atoms with Gasteiger partial charge in [0.2, 0.25) is 6.29 Å². The van der Waals surface area contributed by atoms with Crippen molar-refractivity contribution >= 4 is 6.29 Å². The van der Waals surface area contributed by atoms with E-state index in [1.807, 2.05) is 0 Å². The number of benzene rings is 1. The molecule has 0 bridgehead atoms. The van der Waals surface area contributed by atoms with Gasteiger partial charge in [-0.3, -0.25) is 4.79 Å². The van der Waals surface area contributed by atoms with Crippen LogP contribution in [0.2, 0.25) is 0 Å². The summed E-state index contributed by atoms with van der Waals surface area (Å²) in [5.74, 6) is 0.618. The minimum atomic E-state index is -0.791. The zero-order valence-corrected chi connectivity index (χ0v) is 6.36. The van der Waals surface area contributed by atoms with Crippen LogP contribution < -0.4 is 4.74 Å². The number of hydrogen-bond acceptors (Lipinski definition) is 3. The Morgan fingerprint density at radius 2 is 2.42 bits per heavy atom. The number of ether oxygens (including phenoxy) is 1. The van der Waals surface area contributed by atoms with Crippen molar-refractivity contribution in [2.24, 2.45) is 0 Å². The molecule has 0 fully saturated rings. The number of carbonyl (C=O) groups is 1. The zero-order valence-electron chi connectivity index (χ0n) is 6.36. The summed E-state index contributed by atoms with van der Waals surface area (Å²) < 4.78 is 5.05. The molecule has 1 atom stereocenters. The van der Waals surface area contributed by atoms with E-state index in [-0.39, 0.29) is 0 Å². The van der Waals surface area contributed by atoms with Gasteiger partial charge in [0.25, 0.3) is 0 Å². The highest BCUT2D eigenvalue weighted by molar-refractivity contribution is 5.79. The smallest absolute Gasteiger partial charge is 0.201 e. The van der Waals surface area contributed by atoms with Crippen LogP contribution in [-0.2, 0) is 6.42 Å². The van der Waals surface area contributed by atoms with Crippen LogP contribution in [0, 0.1) is 0 Å². The molecule has 3 nitrogen and oxygen atoms in total. The summed E-state index contributed by atoms with van der Waals surface area (Å²) in [5, 5.41) is 9.13. The highest BCUT2D eigenvalue weighted by Crippen LogP contribution is 2.29. The molecule has 1 heterocycles. The van der Waals surface area contributed by atoms with Crippen molar-refractivity contribution in [3.63, 3.8) is 0 Å². The summed E-state index contributed by atoms with van der Waals surface area (Å²) in [5.41, 5.74) is 1.41. The number of carbonyl (C=O) groups excluding carboxylic acids is 1. The predicted molar refractivity (Wildman–Crippen MR) is 42.2 cm³/mol. The second-order valence-electron chi connectivity index (χ2n) is 2.72. The van der Waals surface area contributed by atoms with Gasteiger partial charge < -0.3 is 9.84 Å². The first kappa shape index (κ1) is 7.31. The van der Waals surface area contributed by atoms with Crippen LogP contribution in [0.1, 0.15) is 15.9 Å². The van der Waals surface area contributed by atoms with Crippen LogP contribution in [0.5, 0.6) is 5.75 Å². The van der Waals surface area contributed by atoms with Gasteiger partial charge in [0.05, 0.1) is 0 Å². The Kier molecular flexibility index (Phi) is 1.59. The Morgan fingerprint density at radius 3 is 3.17 bits per heavy atom. The topological polar surface area (TPSA) is 46.5 Å². The largest absolute Gasteiger partial charge is 0.464 e. The van der Waals surface area contributed by atoms with E-state index in [0.29, 0.717) is 17.7 Å². The van der Waals surface area contributed by atoms with Gasteiger partial charge in [-0.15, -0.1) is 0 Å². The van der Waals surface area contributed by atoms with E-state index >= 15 is 0 Å². The van der Waals surface area contributed by atoms with Crippen molar-refractivity contribution < 1.29 is 14.6 Å². The first-order valence-electron chi connectivity index (χ1n) is 3.73. The second-order valence-corrected chi connectivity index (χ2v) is 2.72. The molecule has 62 valence electrons. The van der Waals surface area contributed by atoms with Crippen molar-refractivity contribution in [3.05, 3.63) is 29.3 Å². The zero-order chi connectivity index (χ0) is 8.55. The fourth-order valence-electron chi connectivity index (χ4n) is 1.38. The molecule has 0 saturated carbocycles. The molecule has 1 unspecified atom stereocenters. The van der Waals surface area contributed by atoms with Crippen LogP contribution in [0.4, 0.5) is 0 Å². The lowest BCUT2D eigenvalue weighted by Crippen LogP contribution is -2.10. The quantitative estimate of drug-likeness (QED) is 0.623. The summed E-state index contributed by atoms with van der Waals surface area (Å²) in [6.45, 7) is 0. The summed E-state index contributed by atoms with van der Waals surface area (Å²) in [6.07, 6.45) is 0.394. The second kappa shape index (κ2) is 2.60. The standard InChI is InChI=1S/C9H8O3/c10-5-6-2-1-3-8-7(6)4-9(11)12-8/h1-3,5,9,11H,4H2. The first-order valence-corrected chi connectivity index (χ1v) is 3.73. The number of aldehydes is 1. The lowest BCUT2D eigenvalue weighted by atomic mass is 10.1. The number of hydrogen-bond donors (Lipinski definition) is 1. The molecular formula is C9H8O3. The van der Waals surface area contributed by atoms with Gasteiger partial charge in [-0.25, -0.2) is 0 Å². The highest BCUT2D eigenvalue weighted by atomic mass is 16.6. The van der Waals surface area contributed by atoms with E-state index in [2.05, 4.69) is 0 Å². The Bertz CT molecular complexity index is 320. The van der Waals surface area contributed by atoms with Crippen molar-refractivity contribution in [3.8, 4) is 5.75 Å². The van der Waals surface area contributed by atoms with E-state index in [1.165, 1.54) is 0 Å². The molecule has 1 aliphatic heterocycles. The molecule has 0 saturated heterocycles. The lowest BCUT2D eigenvalue weighted by molar-refractivity contribution is 0.00215.